The van der Waals surface area contributed by atoms with Crippen molar-refractivity contribution in [3.05, 3.63) is 28.7 Å². The van der Waals surface area contributed by atoms with Crippen LogP contribution in [0.2, 0.25) is 0 Å². The van der Waals surface area contributed by atoms with E-state index in [1.807, 2.05) is 29.8 Å². The summed E-state index contributed by atoms with van der Waals surface area (Å²) in [4.78, 5) is 4.24. The Labute approximate surface area is 68.7 Å². The van der Waals surface area contributed by atoms with Crippen LogP contribution in [0, 0.1) is 11.6 Å². The standard InChI is InChI=1S/C7H7N3S/c1-5-4-10-6(8-5)2-3-7(11)9-10/h2-4H,1H3,(H,9,11). The van der Waals surface area contributed by atoms with E-state index in [0.29, 0.717) is 0 Å². The van der Waals surface area contributed by atoms with E-state index in [2.05, 4.69) is 10.1 Å². The largest absolute Gasteiger partial charge is 0.282 e. The molecular weight excluding hydrogens is 158 g/mol. The van der Waals surface area contributed by atoms with Crippen molar-refractivity contribution < 1.29 is 0 Å². The minimum Gasteiger partial charge on any atom is -0.282 e. The number of aromatic amines is 1. The Bertz CT molecular complexity index is 440. The van der Waals surface area contributed by atoms with Crippen molar-refractivity contribution >= 4 is 17.9 Å². The van der Waals surface area contributed by atoms with E-state index >= 15 is 0 Å². The third-order valence-corrected chi connectivity index (χ3v) is 1.70. The van der Waals surface area contributed by atoms with Gasteiger partial charge >= 0.3 is 0 Å². The summed E-state index contributed by atoms with van der Waals surface area (Å²) < 4.78 is 2.53. The molecule has 0 fully saturated rings. The summed E-state index contributed by atoms with van der Waals surface area (Å²) in [5.74, 6) is 0. The quantitative estimate of drug-likeness (QED) is 0.603. The number of aryl methyl sites for hydroxylation is 1. The van der Waals surface area contributed by atoms with Crippen LogP contribution in [0.4, 0.5) is 0 Å². The predicted octanol–water partition coefficient (Wildman–Crippen LogP) is 1.70. The first kappa shape index (κ1) is 6.54. The topological polar surface area (TPSA) is 33.1 Å². The van der Waals surface area contributed by atoms with E-state index in [9.17, 15) is 0 Å². The molecule has 3 nitrogen and oxygen atoms in total. The first-order chi connectivity index (χ1) is 5.25. The second-order valence-corrected chi connectivity index (χ2v) is 2.86. The molecule has 0 unspecified atom stereocenters. The lowest BCUT2D eigenvalue weighted by molar-refractivity contribution is 0.923. The molecule has 0 amide bonds. The second kappa shape index (κ2) is 2.17. The summed E-state index contributed by atoms with van der Waals surface area (Å²) in [5.41, 5.74) is 1.89. The summed E-state index contributed by atoms with van der Waals surface area (Å²) in [6, 6.07) is 3.73. The van der Waals surface area contributed by atoms with Crippen molar-refractivity contribution in [2.24, 2.45) is 0 Å². The Kier molecular flexibility index (Phi) is 1.29. The normalized spacial score (nSPS) is 10.6. The molecule has 2 aromatic rings. The number of nitrogens with zero attached hydrogens (tertiary/aromatic N) is 2. The molecule has 4 heteroatoms. The number of hydrogen-bond donors (Lipinski definition) is 1. The average Bonchev–Trinajstić information content (AvgIpc) is 2.27. The maximum atomic E-state index is 4.94. The van der Waals surface area contributed by atoms with Crippen molar-refractivity contribution in [2.45, 2.75) is 6.92 Å². The van der Waals surface area contributed by atoms with E-state index in [1.165, 1.54) is 0 Å². The van der Waals surface area contributed by atoms with Gasteiger partial charge in [0.25, 0.3) is 0 Å². The lowest BCUT2D eigenvalue weighted by Crippen LogP contribution is -1.87. The average molecular weight is 165 g/mol. The van der Waals surface area contributed by atoms with Crippen LogP contribution in [0.1, 0.15) is 5.69 Å². The van der Waals surface area contributed by atoms with Crippen LogP contribution in [0.25, 0.3) is 5.65 Å². The van der Waals surface area contributed by atoms with Crippen LogP contribution < -0.4 is 0 Å². The van der Waals surface area contributed by atoms with Crippen LogP contribution >= 0.6 is 12.2 Å². The summed E-state index contributed by atoms with van der Waals surface area (Å²) in [7, 11) is 0. The highest BCUT2D eigenvalue weighted by Gasteiger charge is 1.93. The first-order valence-electron chi connectivity index (χ1n) is 3.31. The highest BCUT2D eigenvalue weighted by atomic mass is 32.1. The summed E-state index contributed by atoms with van der Waals surface area (Å²) in [6.45, 7) is 1.95. The molecular formula is C7H7N3S. The Morgan fingerprint density at radius 1 is 1.55 bits per heavy atom. The van der Waals surface area contributed by atoms with Crippen molar-refractivity contribution in [3.8, 4) is 0 Å². The van der Waals surface area contributed by atoms with Gasteiger partial charge in [-0.1, -0.05) is 12.2 Å². The van der Waals surface area contributed by atoms with Gasteiger partial charge in [0.05, 0.1) is 5.69 Å². The van der Waals surface area contributed by atoms with Gasteiger partial charge in [0, 0.05) is 6.20 Å². The van der Waals surface area contributed by atoms with E-state index in [1.54, 1.807) is 0 Å². The van der Waals surface area contributed by atoms with Crippen molar-refractivity contribution in [1.82, 2.24) is 14.6 Å². The third kappa shape index (κ3) is 1.05. The monoisotopic (exact) mass is 165 g/mol. The number of nitrogens with one attached hydrogen (secondary N) is 1. The van der Waals surface area contributed by atoms with Gasteiger partial charge < -0.3 is 0 Å². The molecule has 0 aliphatic heterocycles. The highest BCUT2D eigenvalue weighted by molar-refractivity contribution is 7.71. The lowest BCUT2D eigenvalue weighted by Gasteiger charge is -1.89. The Hall–Kier alpha value is -1.16. The Morgan fingerprint density at radius 2 is 2.36 bits per heavy atom. The zero-order valence-corrected chi connectivity index (χ0v) is 6.85. The van der Waals surface area contributed by atoms with E-state index in [-0.39, 0.29) is 0 Å². The molecule has 0 spiro atoms. The van der Waals surface area contributed by atoms with Gasteiger partial charge in [-0.25, -0.2) is 9.50 Å². The van der Waals surface area contributed by atoms with E-state index < -0.39 is 0 Å². The fraction of sp³-hybridized carbons (Fsp3) is 0.143. The number of H-pyrrole nitrogens is 1. The minimum atomic E-state index is 0.718. The summed E-state index contributed by atoms with van der Waals surface area (Å²) >= 11 is 4.94. The zero-order chi connectivity index (χ0) is 7.84. The SMILES string of the molecule is Cc1cn2[nH]c(=S)ccc2n1. The van der Waals surface area contributed by atoms with Gasteiger partial charge in [0.1, 0.15) is 4.64 Å². The molecule has 0 bridgehead atoms. The van der Waals surface area contributed by atoms with Crippen molar-refractivity contribution in [3.63, 3.8) is 0 Å². The van der Waals surface area contributed by atoms with Gasteiger partial charge in [-0.3, -0.25) is 5.10 Å². The molecule has 0 aromatic carbocycles. The molecule has 2 aromatic heterocycles. The summed E-state index contributed by atoms with van der Waals surface area (Å²) in [5, 5.41) is 2.98. The van der Waals surface area contributed by atoms with E-state index in [0.717, 1.165) is 16.0 Å². The van der Waals surface area contributed by atoms with Gasteiger partial charge in [-0.05, 0) is 19.1 Å². The molecule has 0 aliphatic carbocycles. The number of aromatic nitrogens is 3. The highest BCUT2D eigenvalue weighted by Crippen LogP contribution is 2.00. The number of imidazole rings is 1. The number of hydrogen-bond acceptors (Lipinski definition) is 2. The maximum Gasteiger partial charge on any atom is 0.151 e. The molecule has 56 valence electrons. The molecule has 0 atom stereocenters. The number of rotatable bonds is 0. The van der Waals surface area contributed by atoms with Gasteiger partial charge in [0.2, 0.25) is 0 Å². The molecule has 0 saturated carbocycles. The Morgan fingerprint density at radius 3 is 3.18 bits per heavy atom. The molecule has 0 saturated heterocycles. The fourth-order valence-corrected chi connectivity index (χ4v) is 1.20. The van der Waals surface area contributed by atoms with E-state index in [4.69, 9.17) is 12.2 Å². The molecule has 0 radical (unpaired) electrons. The maximum absolute atomic E-state index is 4.94. The van der Waals surface area contributed by atoms with Crippen LogP contribution in [0.5, 0.6) is 0 Å². The molecule has 2 rings (SSSR count). The van der Waals surface area contributed by atoms with Gasteiger partial charge in [-0.15, -0.1) is 0 Å². The zero-order valence-electron chi connectivity index (χ0n) is 6.03. The Balaban J connectivity index is 2.92. The van der Waals surface area contributed by atoms with Crippen LogP contribution in [-0.4, -0.2) is 14.6 Å². The van der Waals surface area contributed by atoms with Crippen molar-refractivity contribution in [2.75, 3.05) is 0 Å². The number of fused-ring (bicyclic) bond motifs is 1. The molecule has 1 N–H and O–H groups in total. The lowest BCUT2D eigenvalue weighted by atomic mass is 10.6. The van der Waals surface area contributed by atoms with Crippen LogP contribution in [-0.2, 0) is 0 Å². The molecule has 0 aliphatic rings. The molecule has 2 heterocycles. The van der Waals surface area contributed by atoms with Crippen molar-refractivity contribution in [1.29, 1.82) is 0 Å². The van der Waals surface area contributed by atoms with Crippen LogP contribution in [0.3, 0.4) is 0 Å². The second-order valence-electron chi connectivity index (χ2n) is 2.42. The summed E-state index contributed by atoms with van der Waals surface area (Å²) in [6.07, 6.45) is 1.91. The predicted molar refractivity (Wildman–Crippen MR) is 45.1 cm³/mol. The smallest absolute Gasteiger partial charge is 0.151 e. The third-order valence-electron chi connectivity index (χ3n) is 1.47. The fourth-order valence-electron chi connectivity index (χ4n) is 1.03. The first-order valence-corrected chi connectivity index (χ1v) is 3.71. The molecule has 11 heavy (non-hydrogen) atoms. The minimum absolute atomic E-state index is 0.718. The van der Waals surface area contributed by atoms with Gasteiger partial charge in [-0.2, -0.15) is 0 Å². The van der Waals surface area contributed by atoms with Crippen LogP contribution in [0.15, 0.2) is 18.3 Å². The van der Waals surface area contributed by atoms with Gasteiger partial charge in [0.15, 0.2) is 5.65 Å².